The quantitative estimate of drug-likeness (QED) is 0.244. The van der Waals surface area contributed by atoms with E-state index >= 15 is 0 Å². The summed E-state index contributed by atoms with van der Waals surface area (Å²) in [5.74, 6) is 1.67. The number of aryl methyl sites for hydroxylation is 2. The Bertz CT molecular complexity index is 1510. The molecule has 0 spiro atoms. The summed E-state index contributed by atoms with van der Waals surface area (Å²) in [5, 5.41) is 13.3. The highest BCUT2D eigenvalue weighted by Crippen LogP contribution is 2.29. The average molecular weight is 543 g/mol. The fraction of sp³-hybridized carbons (Fsp3) is 0.267. The van der Waals surface area contributed by atoms with Crippen molar-refractivity contribution >= 4 is 29.3 Å². The number of aromatic nitrogens is 3. The van der Waals surface area contributed by atoms with Crippen molar-refractivity contribution in [1.29, 1.82) is 0 Å². The molecule has 0 unspecified atom stereocenters. The first kappa shape index (κ1) is 28.3. The third-order valence-electron chi connectivity index (χ3n) is 5.95. The minimum Gasteiger partial charge on any atom is -0.457 e. The van der Waals surface area contributed by atoms with Crippen molar-refractivity contribution in [2.24, 2.45) is 0 Å². The van der Waals surface area contributed by atoms with Crippen molar-refractivity contribution < 1.29 is 19.1 Å². The molecule has 2 aromatic heterocycles. The second-order valence-corrected chi connectivity index (χ2v) is 10.4. The van der Waals surface area contributed by atoms with E-state index in [0.717, 1.165) is 22.5 Å². The van der Waals surface area contributed by atoms with Gasteiger partial charge in [0.25, 0.3) is 5.91 Å². The van der Waals surface area contributed by atoms with E-state index < -0.39 is 6.03 Å². The maximum absolute atomic E-state index is 13.0. The Morgan fingerprint density at radius 1 is 0.900 bits per heavy atom. The number of methoxy groups -OCH3 is 1. The van der Waals surface area contributed by atoms with E-state index in [2.05, 4.69) is 41.7 Å². The number of nitrogens with zero attached hydrogens (tertiary/aromatic N) is 3. The van der Waals surface area contributed by atoms with Gasteiger partial charge in [0, 0.05) is 36.5 Å². The van der Waals surface area contributed by atoms with E-state index in [1.54, 1.807) is 28.9 Å². The van der Waals surface area contributed by atoms with Crippen molar-refractivity contribution in [2.75, 3.05) is 29.7 Å². The van der Waals surface area contributed by atoms with Crippen molar-refractivity contribution in [3.05, 3.63) is 83.7 Å². The Balaban J connectivity index is 1.46. The monoisotopic (exact) mass is 542 g/mol. The lowest BCUT2D eigenvalue weighted by atomic mass is 9.92. The van der Waals surface area contributed by atoms with Crippen LogP contribution in [-0.4, -0.2) is 40.4 Å². The molecular weight excluding hydrogens is 508 g/mol. The fourth-order valence-corrected chi connectivity index (χ4v) is 3.82. The molecule has 3 N–H and O–H groups in total. The summed E-state index contributed by atoms with van der Waals surface area (Å²) >= 11 is 0. The summed E-state index contributed by atoms with van der Waals surface area (Å²) in [4.78, 5) is 28.9. The Morgan fingerprint density at radius 2 is 1.62 bits per heavy atom. The third kappa shape index (κ3) is 7.23. The van der Waals surface area contributed by atoms with Crippen LogP contribution in [0, 0.1) is 13.8 Å². The highest BCUT2D eigenvalue weighted by Gasteiger charge is 2.22. The summed E-state index contributed by atoms with van der Waals surface area (Å²) in [6.45, 7) is 10.1. The highest BCUT2D eigenvalue weighted by molar-refractivity contribution is 6.00. The normalized spacial score (nSPS) is 11.2. The van der Waals surface area contributed by atoms with Crippen LogP contribution in [0.2, 0.25) is 0 Å². The summed E-state index contributed by atoms with van der Waals surface area (Å²) in [6, 6.07) is 18.1. The lowest BCUT2D eigenvalue weighted by molar-refractivity contribution is -0.119. The molecule has 0 saturated heterocycles. The molecular formula is C30H34N6O4. The predicted octanol–water partition coefficient (Wildman–Crippen LogP) is 6.20. The lowest BCUT2D eigenvalue weighted by Crippen LogP contribution is -2.21. The fourth-order valence-electron chi connectivity index (χ4n) is 3.82. The molecule has 2 aromatic carbocycles. The minimum atomic E-state index is -0.393. The first-order valence-electron chi connectivity index (χ1n) is 12.8. The summed E-state index contributed by atoms with van der Waals surface area (Å²) in [5.41, 5.74) is 4.09. The third-order valence-corrected chi connectivity index (χ3v) is 5.95. The zero-order valence-corrected chi connectivity index (χ0v) is 23.5. The highest BCUT2D eigenvalue weighted by atomic mass is 16.5. The van der Waals surface area contributed by atoms with Gasteiger partial charge in [0.15, 0.2) is 0 Å². The topological polar surface area (TPSA) is 119 Å². The number of nitrogens with one attached hydrogen (secondary N) is 3. The molecule has 0 aliphatic rings. The van der Waals surface area contributed by atoms with Gasteiger partial charge in [-0.25, -0.2) is 14.5 Å². The molecule has 40 heavy (non-hydrogen) atoms. The van der Waals surface area contributed by atoms with Crippen molar-refractivity contribution in [3.8, 4) is 17.2 Å². The first-order valence-corrected chi connectivity index (χ1v) is 12.8. The van der Waals surface area contributed by atoms with Crippen molar-refractivity contribution in [2.45, 2.75) is 40.0 Å². The van der Waals surface area contributed by atoms with Crippen molar-refractivity contribution in [3.63, 3.8) is 0 Å². The number of ether oxygens (including phenoxy) is 2. The molecule has 4 aromatic rings. The van der Waals surface area contributed by atoms with E-state index in [-0.39, 0.29) is 17.9 Å². The SMILES string of the molecule is COCC(=O)Nc1cc(Oc2ccc(NC(=O)Nc3cc(C(C)(C)C)nn3-c3ccc(C)cc3)c(C)c2)ccn1. The minimum absolute atomic E-state index is 0.0694. The van der Waals surface area contributed by atoms with Crippen LogP contribution in [0.4, 0.5) is 22.1 Å². The van der Waals surface area contributed by atoms with Gasteiger partial charge in [0.05, 0.1) is 11.4 Å². The molecule has 0 fully saturated rings. The first-order chi connectivity index (χ1) is 19.0. The van der Waals surface area contributed by atoms with Crippen LogP contribution in [0.5, 0.6) is 11.5 Å². The van der Waals surface area contributed by atoms with Crippen molar-refractivity contribution in [1.82, 2.24) is 14.8 Å². The van der Waals surface area contributed by atoms with E-state index in [9.17, 15) is 9.59 Å². The smallest absolute Gasteiger partial charge is 0.324 e. The molecule has 0 radical (unpaired) electrons. The van der Waals surface area contributed by atoms with Crippen LogP contribution in [0.25, 0.3) is 5.69 Å². The maximum Gasteiger partial charge on any atom is 0.324 e. The van der Waals surface area contributed by atoms with Gasteiger partial charge in [-0.3, -0.25) is 10.1 Å². The van der Waals surface area contributed by atoms with Gasteiger partial charge in [-0.15, -0.1) is 0 Å². The Labute approximate surface area is 233 Å². The Morgan fingerprint density at radius 3 is 2.30 bits per heavy atom. The maximum atomic E-state index is 13.0. The number of urea groups is 1. The number of benzene rings is 2. The zero-order chi connectivity index (χ0) is 28.9. The molecule has 0 saturated carbocycles. The number of anilines is 3. The second kappa shape index (κ2) is 12.0. The number of pyridine rings is 1. The molecule has 0 aliphatic carbocycles. The molecule has 0 aliphatic heterocycles. The number of amides is 3. The number of hydrogen-bond donors (Lipinski definition) is 3. The second-order valence-electron chi connectivity index (χ2n) is 10.4. The zero-order valence-electron chi connectivity index (χ0n) is 23.5. The van der Waals surface area contributed by atoms with Gasteiger partial charge < -0.3 is 20.1 Å². The molecule has 4 rings (SSSR count). The molecule has 10 heteroatoms. The number of rotatable bonds is 8. The standard InChI is InChI=1S/C30H34N6O4/c1-19-7-9-21(10-8-19)36-27(17-25(35-36)30(3,4)5)34-29(38)32-24-12-11-22(15-20(24)2)40-23-13-14-31-26(16-23)33-28(37)18-39-6/h7-17H,18H2,1-6H3,(H,31,33,37)(H2,32,34,38). The summed E-state index contributed by atoms with van der Waals surface area (Å²) in [6.07, 6.45) is 1.54. The number of carbonyl (C=O) groups is 2. The van der Waals surface area contributed by atoms with Crippen LogP contribution in [-0.2, 0) is 14.9 Å². The van der Waals surface area contributed by atoms with Gasteiger partial charge in [-0.2, -0.15) is 5.10 Å². The summed E-state index contributed by atoms with van der Waals surface area (Å²) in [7, 11) is 1.44. The number of hydrogen-bond acceptors (Lipinski definition) is 6. The lowest BCUT2D eigenvalue weighted by Gasteiger charge is -2.14. The summed E-state index contributed by atoms with van der Waals surface area (Å²) < 4.78 is 12.5. The van der Waals surface area contributed by atoms with Gasteiger partial charge in [0.2, 0.25) is 0 Å². The molecule has 3 amide bonds. The molecule has 2 heterocycles. The van der Waals surface area contributed by atoms with E-state index in [1.807, 2.05) is 50.2 Å². The molecule has 10 nitrogen and oxygen atoms in total. The van der Waals surface area contributed by atoms with Gasteiger partial charge in [0.1, 0.15) is 29.7 Å². The van der Waals surface area contributed by atoms with E-state index in [0.29, 0.717) is 28.8 Å². The van der Waals surface area contributed by atoms with Crippen LogP contribution < -0.4 is 20.7 Å². The Hall–Kier alpha value is -4.70. The largest absolute Gasteiger partial charge is 0.457 e. The van der Waals surface area contributed by atoms with Crippen LogP contribution >= 0.6 is 0 Å². The van der Waals surface area contributed by atoms with Gasteiger partial charge >= 0.3 is 6.03 Å². The van der Waals surface area contributed by atoms with Crippen LogP contribution in [0.1, 0.15) is 37.6 Å². The van der Waals surface area contributed by atoms with Crippen LogP contribution in [0.15, 0.2) is 66.9 Å². The number of carbonyl (C=O) groups excluding carboxylic acids is 2. The molecule has 0 bridgehead atoms. The predicted molar refractivity (Wildman–Crippen MR) is 156 cm³/mol. The van der Waals surface area contributed by atoms with Gasteiger partial charge in [-0.1, -0.05) is 38.5 Å². The average Bonchev–Trinajstić information content (AvgIpc) is 3.31. The van der Waals surface area contributed by atoms with E-state index in [4.69, 9.17) is 14.6 Å². The molecule has 0 atom stereocenters. The Kier molecular flexibility index (Phi) is 8.49. The molecule has 208 valence electrons. The van der Waals surface area contributed by atoms with E-state index in [1.165, 1.54) is 13.3 Å². The van der Waals surface area contributed by atoms with Gasteiger partial charge in [-0.05, 0) is 55.8 Å². The van der Waals surface area contributed by atoms with Crippen LogP contribution in [0.3, 0.4) is 0 Å².